The van der Waals surface area contributed by atoms with E-state index in [9.17, 15) is 9.59 Å². The first-order chi connectivity index (χ1) is 14.5. The summed E-state index contributed by atoms with van der Waals surface area (Å²) < 4.78 is 10.9. The quantitative estimate of drug-likeness (QED) is 0.607. The van der Waals surface area contributed by atoms with Crippen molar-refractivity contribution in [2.24, 2.45) is 5.92 Å². The summed E-state index contributed by atoms with van der Waals surface area (Å²) in [6.07, 6.45) is 2.74. The molecular weight excluding hydrogens is 400 g/mol. The van der Waals surface area contributed by atoms with Gasteiger partial charge in [-0.15, -0.1) is 11.3 Å². The lowest BCUT2D eigenvalue weighted by molar-refractivity contribution is -0.142. The highest BCUT2D eigenvalue weighted by atomic mass is 32.1. The minimum atomic E-state index is -0.0251. The SMILES string of the molecule is CCCN(CC(=O)N(Cc1ccc2c(c1)OCO2)Cc1sccc1C)C(=O)C1CC1. The third-order valence-electron chi connectivity index (χ3n) is 5.52. The molecule has 1 aromatic carbocycles. The van der Waals surface area contributed by atoms with E-state index < -0.39 is 0 Å². The highest BCUT2D eigenvalue weighted by Crippen LogP contribution is 2.33. The van der Waals surface area contributed by atoms with Gasteiger partial charge in [0.15, 0.2) is 11.5 Å². The average molecular weight is 429 g/mol. The molecule has 0 bridgehead atoms. The molecular formula is C23H28N2O4S. The molecule has 0 unspecified atom stereocenters. The second-order valence-corrected chi connectivity index (χ2v) is 9.00. The molecule has 1 saturated carbocycles. The number of carbonyl (C=O) groups excluding carboxylic acids is 2. The van der Waals surface area contributed by atoms with Gasteiger partial charge in [-0.3, -0.25) is 9.59 Å². The molecule has 30 heavy (non-hydrogen) atoms. The number of ether oxygens (including phenoxy) is 2. The van der Waals surface area contributed by atoms with E-state index in [-0.39, 0.29) is 31.1 Å². The molecule has 0 radical (unpaired) electrons. The van der Waals surface area contributed by atoms with E-state index in [1.807, 2.05) is 35.4 Å². The smallest absolute Gasteiger partial charge is 0.242 e. The normalized spacial score (nSPS) is 14.6. The van der Waals surface area contributed by atoms with Crippen LogP contribution in [0.4, 0.5) is 0 Å². The predicted molar refractivity (Wildman–Crippen MR) is 115 cm³/mol. The van der Waals surface area contributed by atoms with Crippen LogP contribution in [0, 0.1) is 12.8 Å². The molecule has 0 saturated heterocycles. The van der Waals surface area contributed by atoms with Gasteiger partial charge in [-0.1, -0.05) is 13.0 Å². The van der Waals surface area contributed by atoms with Crippen molar-refractivity contribution in [2.45, 2.75) is 46.2 Å². The third-order valence-corrected chi connectivity index (χ3v) is 6.53. The summed E-state index contributed by atoms with van der Waals surface area (Å²) in [6.45, 7) is 6.09. The highest BCUT2D eigenvalue weighted by Gasteiger charge is 2.34. The van der Waals surface area contributed by atoms with Crippen molar-refractivity contribution in [3.8, 4) is 11.5 Å². The van der Waals surface area contributed by atoms with E-state index >= 15 is 0 Å². The number of benzene rings is 1. The van der Waals surface area contributed by atoms with Crippen molar-refractivity contribution in [2.75, 3.05) is 19.9 Å². The Kier molecular flexibility index (Phi) is 6.27. The molecule has 160 valence electrons. The van der Waals surface area contributed by atoms with Gasteiger partial charge in [-0.25, -0.2) is 0 Å². The molecule has 2 amide bonds. The lowest BCUT2D eigenvalue weighted by Crippen LogP contribution is -2.43. The maximum absolute atomic E-state index is 13.3. The van der Waals surface area contributed by atoms with Crippen LogP contribution in [-0.4, -0.2) is 41.5 Å². The van der Waals surface area contributed by atoms with Crippen LogP contribution < -0.4 is 9.47 Å². The largest absolute Gasteiger partial charge is 0.454 e. The van der Waals surface area contributed by atoms with Gasteiger partial charge in [-0.2, -0.15) is 0 Å². The summed E-state index contributed by atoms with van der Waals surface area (Å²) in [5.41, 5.74) is 2.17. The number of hydrogen-bond donors (Lipinski definition) is 0. The Morgan fingerprint density at radius 1 is 1.10 bits per heavy atom. The number of rotatable bonds is 9. The van der Waals surface area contributed by atoms with Crippen molar-refractivity contribution in [3.63, 3.8) is 0 Å². The number of nitrogens with zero attached hydrogens (tertiary/aromatic N) is 2. The van der Waals surface area contributed by atoms with Gasteiger partial charge in [0, 0.05) is 23.9 Å². The van der Waals surface area contributed by atoms with E-state index in [0.717, 1.165) is 30.6 Å². The van der Waals surface area contributed by atoms with E-state index in [1.54, 1.807) is 16.2 Å². The Labute approximate surface area is 181 Å². The highest BCUT2D eigenvalue weighted by molar-refractivity contribution is 7.10. The number of aryl methyl sites for hydroxylation is 1. The summed E-state index contributed by atoms with van der Waals surface area (Å²) >= 11 is 1.66. The molecule has 0 atom stereocenters. The number of hydrogen-bond acceptors (Lipinski definition) is 5. The van der Waals surface area contributed by atoms with Crippen molar-refractivity contribution in [1.82, 2.24) is 9.80 Å². The molecule has 0 N–H and O–H groups in total. The van der Waals surface area contributed by atoms with Crippen molar-refractivity contribution in [1.29, 1.82) is 0 Å². The zero-order valence-electron chi connectivity index (χ0n) is 17.6. The summed E-state index contributed by atoms with van der Waals surface area (Å²) in [5, 5.41) is 2.05. The lowest BCUT2D eigenvalue weighted by Gasteiger charge is -2.28. The number of thiophene rings is 1. The molecule has 7 heteroatoms. The fourth-order valence-corrected chi connectivity index (χ4v) is 4.54. The zero-order valence-corrected chi connectivity index (χ0v) is 18.4. The summed E-state index contributed by atoms with van der Waals surface area (Å²) in [4.78, 5) is 30.7. The zero-order chi connectivity index (χ0) is 21.1. The molecule has 1 aliphatic heterocycles. The number of amides is 2. The maximum atomic E-state index is 13.3. The van der Waals surface area contributed by atoms with Gasteiger partial charge in [0.05, 0.1) is 13.1 Å². The minimum Gasteiger partial charge on any atom is -0.454 e. The van der Waals surface area contributed by atoms with Gasteiger partial charge in [-0.05, 0) is 60.9 Å². The fraction of sp³-hybridized carbons (Fsp3) is 0.478. The van der Waals surface area contributed by atoms with E-state index in [2.05, 4.69) is 13.0 Å². The van der Waals surface area contributed by atoms with Crippen molar-refractivity contribution in [3.05, 3.63) is 45.6 Å². The molecule has 1 aromatic heterocycles. The van der Waals surface area contributed by atoms with Crippen LogP contribution in [0.2, 0.25) is 0 Å². The predicted octanol–water partition coefficient (Wildman–Crippen LogP) is 3.96. The minimum absolute atomic E-state index is 0.0251. The van der Waals surface area contributed by atoms with Crippen LogP contribution in [0.15, 0.2) is 29.6 Å². The van der Waals surface area contributed by atoms with Gasteiger partial charge in [0.25, 0.3) is 0 Å². The number of fused-ring (bicyclic) bond motifs is 1. The Balaban J connectivity index is 1.52. The van der Waals surface area contributed by atoms with Gasteiger partial charge < -0.3 is 19.3 Å². The van der Waals surface area contributed by atoms with Crippen LogP contribution in [-0.2, 0) is 22.7 Å². The first-order valence-corrected chi connectivity index (χ1v) is 11.4. The molecule has 2 heterocycles. The second kappa shape index (κ2) is 9.08. The van der Waals surface area contributed by atoms with E-state index in [1.165, 1.54) is 10.4 Å². The standard InChI is InChI=1S/C23H28N2O4S/c1-3-9-24(23(27)18-5-6-18)14-22(26)25(13-21-16(2)8-10-30-21)12-17-4-7-19-20(11-17)29-15-28-19/h4,7-8,10-11,18H,3,5-6,9,12-15H2,1-2H3. The molecule has 6 nitrogen and oxygen atoms in total. The number of carbonyl (C=O) groups is 2. The van der Waals surface area contributed by atoms with E-state index in [0.29, 0.717) is 25.4 Å². The summed E-state index contributed by atoms with van der Waals surface area (Å²) in [6, 6.07) is 7.86. The molecule has 0 spiro atoms. The molecule has 4 rings (SSSR count). The van der Waals surface area contributed by atoms with Gasteiger partial charge >= 0.3 is 0 Å². The van der Waals surface area contributed by atoms with Gasteiger partial charge in [0.2, 0.25) is 18.6 Å². The van der Waals surface area contributed by atoms with Gasteiger partial charge in [0.1, 0.15) is 0 Å². The Morgan fingerprint density at radius 3 is 2.60 bits per heavy atom. The Hall–Kier alpha value is -2.54. The summed E-state index contributed by atoms with van der Waals surface area (Å²) in [5.74, 6) is 1.66. The topological polar surface area (TPSA) is 59.1 Å². The monoisotopic (exact) mass is 428 g/mol. The third kappa shape index (κ3) is 4.78. The second-order valence-electron chi connectivity index (χ2n) is 8.00. The van der Waals surface area contributed by atoms with Crippen LogP contribution in [0.5, 0.6) is 11.5 Å². The van der Waals surface area contributed by atoms with Crippen molar-refractivity contribution >= 4 is 23.2 Å². The maximum Gasteiger partial charge on any atom is 0.242 e. The summed E-state index contributed by atoms with van der Waals surface area (Å²) in [7, 11) is 0. The molecule has 2 aromatic rings. The first-order valence-electron chi connectivity index (χ1n) is 10.5. The molecule has 1 aliphatic carbocycles. The van der Waals surface area contributed by atoms with Crippen LogP contribution in [0.1, 0.15) is 42.2 Å². The average Bonchev–Trinajstić information content (AvgIpc) is 3.35. The van der Waals surface area contributed by atoms with Crippen LogP contribution in [0.25, 0.3) is 0 Å². The molecule has 1 fully saturated rings. The fourth-order valence-electron chi connectivity index (χ4n) is 3.62. The first kappa shape index (κ1) is 20.7. The Morgan fingerprint density at radius 2 is 1.90 bits per heavy atom. The lowest BCUT2D eigenvalue weighted by atomic mass is 10.1. The van der Waals surface area contributed by atoms with E-state index in [4.69, 9.17) is 9.47 Å². The molecule has 2 aliphatic rings. The van der Waals surface area contributed by atoms with Crippen LogP contribution >= 0.6 is 11.3 Å². The van der Waals surface area contributed by atoms with Crippen molar-refractivity contribution < 1.29 is 19.1 Å². The van der Waals surface area contributed by atoms with Crippen LogP contribution in [0.3, 0.4) is 0 Å². The Bertz CT molecular complexity index is 922.